The zero-order valence-electron chi connectivity index (χ0n) is 16.3. The minimum Gasteiger partial charge on any atom is -0.508 e. The van der Waals surface area contributed by atoms with Gasteiger partial charge in [-0.05, 0) is 85.5 Å². The SMILES string of the molecule is CCCC(C)(C)c1ccc(O)cc1.O.OSC1CCC2C(O)CCC2C1. The number of hydrogen-bond acceptors (Lipinski definition) is 4. The number of rotatable bonds is 4. The van der Waals surface area contributed by atoms with Crippen LogP contribution in [0.2, 0.25) is 0 Å². The van der Waals surface area contributed by atoms with Gasteiger partial charge in [-0.25, -0.2) is 0 Å². The Labute approximate surface area is 162 Å². The molecule has 5 heteroatoms. The standard InChI is InChI=1S/C12H18O.C9H16O2S.H2O/c1-4-9-12(2,3)10-5-7-11(13)8-6-10;10-9-4-1-6-5-7(12-11)2-3-8(6)9;/h5-8,13H,4,9H2,1-3H3;6-11H,1-5H2;1H2. The first-order valence-electron chi connectivity index (χ1n) is 9.65. The highest BCUT2D eigenvalue weighted by atomic mass is 32.2. The maximum Gasteiger partial charge on any atom is 0.115 e. The summed E-state index contributed by atoms with van der Waals surface area (Å²) in [4.78, 5) is 0. The number of aromatic hydroxyl groups is 1. The number of hydrogen-bond donors (Lipinski definition) is 3. The Hall–Kier alpha value is -0.750. The average molecular weight is 385 g/mol. The van der Waals surface area contributed by atoms with E-state index in [2.05, 4.69) is 20.8 Å². The van der Waals surface area contributed by atoms with E-state index < -0.39 is 0 Å². The second-order valence-electron chi connectivity index (χ2n) is 8.29. The molecule has 0 radical (unpaired) electrons. The molecule has 3 rings (SSSR count). The summed E-state index contributed by atoms with van der Waals surface area (Å²) < 4.78 is 8.93. The Bertz CT molecular complexity index is 517. The van der Waals surface area contributed by atoms with Gasteiger partial charge in [0.1, 0.15) is 5.75 Å². The molecule has 0 aliphatic heterocycles. The van der Waals surface area contributed by atoms with Crippen LogP contribution in [0, 0.1) is 11.8 Å². The van der Waals surface area contributed by atoms with Crippen LogP contribution in [0.3, 0.4) is 0 Å². The van der Waals surface area contributed by atoms with Gasteiger partial charge in [-0.2, -0.15) is 0 Å². The van der Waals surface area contributed by atoms with Gasteiger partial charge in [0, 0.05) is 5.25 Å². The number of aliphatic hydroxyl groups excluding tert-OH is 1. The van der Waals surface area contributed by atoms with Gasteiger partial charge in [0.2, 0.25) is 0 Å². The normalized spacial score (nSPS) is 27.7. The van der Waals surface area contributed by atoms with E-state index in [1.54, 1.807) is 12.1 Å². The van der Waals surface area contributed by atoms with Crippen LogP contribution in [0.5, 0.6) is 5.75 Å². The maximum atomic E-state index is 9.61. The van der Waals surface area contributed by atoms with Crippen molar-refractivity contribution in [2.24, 2.45) is 11.8 Å². The molecule has 2 aliphatic carbocycles. The lowest BCUT2D eigenvalue weighted by atomic mass is 9.81. The monoisotopic (exact) mass is 384 g/mol. The highest BCUT2D eigenvalue weighted by Crippen LogP contribution is 2.44. The Balaban J connectivity index is 0.000000251. The van der Waals surface area contributed by atoms with Gasteiger partial charge in [-0.1, -0.05) is 39.3 Å². The summed E-state index contributed by atoms with van der Waals surface area (Å²) >= 11 is 1.01. The fourth-order valence-corrected chi connectivity index (χ4v) is 5.03. The molecule has 2 saturated carbocycles. The quantitative estimate of drug-likeness (QED) is 0.652. The topological polar surface area (TPSA) is 92.2 Å². The van der Waals surface area contributed by atoms with E-state index in [-0.39, 0.29) is 17.0 Å². The van der Waals surface area contributed by atoms with Crippen molar-refractivity contribution in [1.82, 2.24) is 0 Å². The molecule has 0 spiro atoms. The molecule has 0 saturated heterocycles. The molecule has 4 unspecified atom stereocenters. The number of benzene rings is 1. The van der Waals surface area contributed by atoms with Crippen molar-refractivity contribution in [3.8, 4) is 5.75 Å². The summed E-state index contributed by atoms with van der Waals surface area (Å²) in [6.07, 6.45) is 7.79. The molecule has 1 aromatic rings. The average Bonchev–Trinajstić information content (AvgIpc) is 2.96. The maximum absolute atomic E-state index is 9.61. The minimum atomic E-state index is -0.0420. The predicted octanol–water partition coefficient (Wildman–Crippen LogP) is 4.78. The van der Waals surface area contributed by atoms with Crippen molar-refractivity contribution in [2.45, 2.75) is 82.5 Å². The van der Waals surface area contributed by atoms with Crippen LogP contribution in [0.25, 0.3) is 0 Å². The van der Waals surface area contributed by atoms with E-state index in [0.29, 0.717) is 22.8 Å². The van der Waals surface area contributed by atoms with Gasteiger partial charge in [-0.15, -0.1) is 0 Å². The van der Waals surface area contributed by atoms with Gasteiger partial charge < -0.3 is 20.2 Å². The molecule has 4 atom stereocenters. The molecule has 5 N–H and O–H groups in total. The number of aliphatic hydroxyl groups is 1. The Kier molecular flexibility index (Phi) is 9.45. The van der Waals surface area contributed by atoms with Crippen molar-refractivity contribution in [1.29, 1.82) is 0 Å². The molecule has 0 bridgehead atoms. The van der Waals surface area contributed by atoms with Crippen molar-refractivity contribution >= 4 is 12.0 Å². The van der Waals surface area contributed by atoms with Gasteiger partial charge in [0.25, 0.3) is 0 Å². The lowest BCUT2D eigenvalue weighted by Crippen LogP contribution is -2.27. The molecule has 0 amide bonds. The summed E-state index contributed by atoms with van der Waals surface area (Å²) in [7, 11) is 0. The first-order chi connectivity index (χ1) is 11.9. The summed E-state index contributed by atoms with van der Waals surface area (Å²) in [5, 5.41) is 19.2. The first-order valence-corrected chi connectivity index (χ1v) is 10.5. The smallest absolute Gasteiger partial charge is 0.115 e. The fourth-order valence-electron chi connectivity index (χ4n) is 4.46. The van der Waals surface area contributed by atoms with E-state index in [0.717, 1.165) is 37.7 Å². The second-order valence-corrected chi connectivity index (χ2v) is 9.17. The molecule has 2 aliphatic rings. The molecule has 2 fully saturated rings. The van der Waals surface area contributed by atoms with Crippen LogP contribution in [0.15, 0.2) is 24.3 Å². The zero-order valence-corrected chi connectivity index (χ0v) is 17.1. The molecule has 1 aromatic carbocycles. The first kappa shape index (κ1) is 23.3. The Morgan fingerprint density at radius 1 is 1.08 bits per heavy atom. The summed E-state index contributed by atoms with van der Waals surface area (Å²) in [6.45, 7) is 6.67. The van der Waals surface area contributed by atoms with Gasteiger partial charge in [-0.3, -0.25) is 0 Å². The third-order valence-corrected chi connectivity index (χ3v) is 6.72. The van der Waals surface area contributed by atoms with Crippen LogP contribution in [0.4, 0.5) is 0 Å². The lowest BCUT2D eigenvalue weighted by Gasteiger charge is -2.31. The largest absolute Gasteiger partial charge is 0.508 e. The molecule has 150 valence electrons. The van der Waals surface area contributed by atoms with Crippen molar-refractivity contribution < 1.29 is 20.2 Å². The molecule has 0 aromatic heterocycles. The third-order valence-electron chi connectivity index (χ3n) is 5.99. The van der Waals surface area contributed by atoms with Crippen LogP contribution in [0.1, 0.15) is 71.3 Å². The molecular formula is C21H36O4S. The fraction of sp³-hybridized carbons (Fsp3) is 0.714. The highest BCUT2D eigenvalue weighted by Gasteiger charge is 2.39. The summed E-state index contributed by atoms with van der Waals surface area (Å²) in [5.74, 6) is 1.59. The minimum absolute atomic E-state index is 0. The summed E-state index contributed by atoms with van der Waals surface area (Å²) in [6, 6.07) is 7.52. The Morgan fingerprint density at radius 2 is 1.73 bits per heavy atom. The van der Waals surface area contributed by atoms with E-state index in [4.69, 9.17) is 9.66 Å². The number of fused-ring (bicyclic) bond motifs is 1. The lowest BCUT2D eigenvalue weighted by molar-refractivity contribution is 0.0973. The van der Waals surface area contributed by atoms with Gasteiger partial charge >= 0.3 is 0 Å². The second kappa shape index (κ2) is 10.5. The molecular weight excluding hydrogens is 348 g/mol. The van der Waals surface area contributed by atoms with Crippen LogP contribution >= 0.6 is 12.0 Å². The van der Waals surface area contributed by atoms with E-state index >= 15 is 0 Å². The van der Waals surface area contributed by atoms with Crippen LogP contribution < -0.4 is 0 Å². The van der Waals surface area contributed by atoms with Crippen molar-refractivity contribution in [3.63, 3.8) is 0 Å². The molecule has 4 nitrogen and oxygen atoms in total. The van der Waals surface area contributed by atoms with Crippen LogP contribution in [-0.2, 0) is 5.41 Å². The van der Waals surface area contributed by atoms with E-state index in [1.807, 2.05) is 12.1 Å². The summed E-state index contributed by atoms with van der Waals surface area (Å²) in [5.41, 5.74) is 1.52. The molecule has 26 heavy (non-hydrogen) atoms. The third kappa shape index (κ3) is 6.15. The van der Waals surface area contributed by atoms with Crippen LogP contribution in [-0.4, -0.2) is 31.6 Å². The van der Waals surface area contributed by atoms with Gasteiger partial charge in [0.05, 0.1) is 6.10 Å². The zero-order chi connectivity index (χ0) is 18.4. The van der Waals surface area contributed by atoms with Gasteiger partial charge in [0.15, 0.2) is 0 Å². The van der Waals surface area contributed by atoms with E-state index in [1.165, 1.54) is 24.8 Å². The number of phenols is 1. The number of phenolic OH excluding ortho intramolecular Hbond substituents is 1. The Morgan fingerprint density at radius 3 is 2.31 bits per heavy atom. The van der Waals surface area contributed by atoms with Crippen molar-refractivity contribution in [2.75, 3.05) is 0 Å². The highest BCUT2D eigenvalue weighted by molar-refractivity contribution is 7.94. The predicted molar refractivity (Wildman–Crippen MR) is 110 cm³/mol. The van der Waals surface area contributed by atoms with Crippen molar-refractivity contribution in [3.05, 3.63) is 29.8 Å². The molecule has 0 heterocycles. The van der Waals surface area contributed by atoms with E-state index in [9.17, 15) is 5.11 Å².